The van der Waals surface area contributed by atoms with Gasteiger partial charge in [0.25, 0.3) is 5.91 Å². The van der Waals surface area contributed by atoms with Crippen molar-refractivity contribution < 1.29 is 18.7 Å². The Hall–Kier alpha value is -3.49. The average molecular weight is 480 g/mol. The zero-order valence-electron chi connectivity index (χ0n) is 20.4. The standard InChI is InChI=1S/C26H30FN5O3/c1-13-5-8-19(35-11-17-6-7-17)21(22(13)27)24-25-23(28-12-29-24)20(15(3)30-25)26(34)31-18-9-14(2)32(10-18)16(4)33/h5,8,12,14,17-18,30H,6-7,9-11H2,1-4H3,(H,31,34)/t14-,18+/m0/s1. The molecule has 35 heavy (non-hydrogen) atoms. The second kappa shape index (κ2) is 8.94. The Bertz CT molecular complexity index is 1320. The normalized spacial score (nSPS) is 19.9. The van der Waals surface area contributed by atoms with Crippen LogP contribution in [0.4, 0.5) is 4.39 Å². The summed E-state index contributed by atoms with van der Waals surface area (Å²) in [6.07, 6.45) is 4.28. The number of amides is 2. The molecule has 3 aromatic rings. The third-order valence-corrected chi connectivity index (χ3v) is 7.02. The van der Waals surface area contributed by atoms with Gasteiger partial charge in [-0.1, -0.05) is 6.07 Å². The molecule has 1 saturated heterocycles. The zero-order chi connectivity index (χ0) is 24.9. The average Bonchev–Trinajstić information content (AvgIpc) is 3.47. The van der Waals surface area contributed by atoms with Crippen LogP contribution in [0.1, 0.15) is 54.7 Å². The topological polar surface area (TPSA) is 100 Å². The first-order valence-corrected chi connectivity index (χ1v) is 12.1. The van der Waals surface area contributed by atoms with Gasteiger partial charge in [0.15, 0.2) is 0 Å². The summed E-state index contributed by atoms with van der Waals surface area (Å²) in [5.74, 6) is 0.256. The molecule has 8 nitrogen and oxygen atoms in total. The summed E-state index contributed by atoms with van der Waals surface area (Å²) in [7, 11) is 0. The van der Waals surface area contributed by atoms with Crippen molar-refractivity contribution in [2.24, 2.45) is 5.92 Å². The minimum absolute atomic E-state index is 0.00482. The van der Waals surface area contributed by atoms with Crippen molar-refractivity contribution in [1.29, 1.82) is 0 Å². The van der Waals surface area contributed by atoms with Gasteiger partial charge in [-0.15, -0.1) is 0 Å². The van der Waals surface area contributed by atoms with E-state index in [0.29, 0.717) is 64.8 Å². The highest BCUT2D eigenvalue weighted by Gasteiger charge is 2.33. The number of carbonyl (C=O) groups is 2. The van der Waals surface area contributed by atoms with Gasteiger partial charge in [0.05, 0.1) is 23.3 Å². The van der Waals surface area contributed by atoms with Gasteiger partial charge in [-0.2, -0.15) is 0 Å². The highest BCUT2D eigenvalue weighted by molar-refractivity contribution is 6.09. The number of rotatable bonds is 6. The Morgan fingerprint density at radius 3 is 2.71 bits per heavy atom. The van der Waals surface area contributed by atoms with Crippen molar-refractivity contribution in [1.82, 2.24) is 25.2 Å². The van der Waals surface area contributed by atoms with E-state index < -0.39 is 5.82 Å². The molecule has 2 fully saturated rings. The van der Waals surface area contributed by atoms with Crippen LogP contribution >= 0.6 is 0 Å². The minimum atomic E-state index is -0.402. The Morgan fingerprint density at radius 1 is 1.26 bits per heavy atom. The van der Waals surface area contributed by atoms with Crippen LogP contribution in [0.25, 0.3) is 22.3 Å². The monoisotopic (exact) mass is 479 g/mol. The predicted molar refractivity (Wildman–Crippen MR) is 130 cm³/mol. The molecule has 2 aliphatic rings. The van der Waals surface area contributed by atoms with Crippen LogP contribution in [0.3, 0.4) is 0 Å². The Morgan fingerprint density at radius 2 is 2.03 bits per heavy atom. The molecule has 2 N–H and O–H groups in total. The van der Waals surface area contributed by atoms with Crippen LogP contribution in [0.2, 0.25) is 0 Å². The summed E-state index contributed by atoms with van der Waals surface area (Å²) in [5.41, 5.74) is 3.04. The molecule has 1 aliphatic heterocycles. The second-order valence-corrected chi connectivity index (χ2v) is 9.82. The summed E-state index contributed by atoms with van der Waals surface area (Å²) in [6, 6.07) is 3.39. The molecule has 0 bridgehead atoms. The van der Waals surface area contributed by atoms with Crippen LogP contribution in [-0.2, 0) is 4.79 Å². The second-order valence-electron chi connectivity index (χ2n) is 9.82. The van der Waals surface area contributed by atoms with E-state index in [0.717, 1.165) is 12.8 Å². The molecule has 9 heteroatoms. The number of nitrogens with zero attached hydrogens (tertiary/aromatic N) is 3. The van der Waals surface area contributed by atoms with E-state index in [9.17, 15) is 9.59 Å². The maximum absolute atomic E-state index is 15.4. The lowest BCUT2D eigenvalue weighted by Crippen LogP contribution is -2.38. The highest BCUT2D eigenvalue weighted by atomic mass is 19.1. The van der Waals surface area contributed by atoms with Crippen molar-refractivity contribution in [3.63, 3.8) is 0 Å². The van der Waals surface area contributed by atoms with Crippen molar-refractivity contribution in [2.45, 2.75) is 59.0 Å². The van der Waals surface area contributed by atoms with Gasteiger partial charge in [-0.25, -0.2) is 14.4 Å². The molecule has 184 valence electrons. The molecular weight excluding hydrogens is 449 g/mol. The van der Waals surface area contributed by atoms with Crippen LogP contribution < -0.4 is 10.1 Å². The number of fused-ring (bicyclic) bond motifs is 1. The lowest BCUT2D eigenvalue weighted by Gasteiger charge is -2.18. The van der Waals surface area contributed by atoms with Crippen molar-refractivity contribution >= 4 is 22.8 Å². The van der Waals surface area contributed by atoms with E-state index >= 15 is 4.39 Å². The summed E-state index contributed by atoms with van der Waals surface area (Å²) in [6.45, 7) is 8.02. The van der Waals surface area contributed by atoms with Crippen LogP contribution in [-0.4, -0.2) is 56.9 Å². The number of halogens is 1. The molecule has 1 aromatic carbocycles. The van der Waals surface area contributed by atoms with Crippen LogP contribution in [0.5, 0.6) is 5.75 Å². The summed E-state index contributed by atoms with van der Waals surface area (Å²) in [4.78, 5) is 38.9. The summed E-state index contributed by atoms with van der Waals surface area (Å²) >= 11 is 0. The first kappa shape index (κ1) is 23.3. The molecule has 5 rings (SSSR count). The van der Waals surface area contributed by atoms with Gasteiger partial charge in [0.2, 0.25) is 5.91 Å². The number of hydrogen-bond acceptors (Lipinski definition) is 5. The van der Waals surface area contributed by atoms with Crippen molar-refractivity contribution in [3.8, 4) is 17.0 Å². The fourth-order valence-electron chi connectivity index (χ4n) is 4.92. The van der Waals surface area contributed by atoms with E-state index in [1.54, 1.807) is 30.9 Å². The third-order valence-electron chi connectivity index (χ3n) is 7.02. The van der Waals surface area contributed by atoms with E-state index in [4.69, 9.17) is 4.74 Å². The molecule has 2 aromatic heterocycles. The Balaban J connectivity index is 1.50. The van der Waals surface area contributed by atoms with E-state index in [2.05, 4.69) is 20.3 Å². The fourth-order valence-corrected chi connectivity index (χ4v) is 4.92. The number of benzene rings is 1. The molecule has 2 amide bonds. The predicted octanol–water partition coefficient (Wildman–Crippen LogP) is 3.91. The van der Waals surface area contributed by atoms with Gasteiger partial charge < -0.3 is 19.9 Å². The van der Waals surface area contributed by atoms with Crippen molar-refractivity contribution in [3.05, 3.63) is 41.1 Å². The maximum atomic E-state index is 15.4. The molecule has 0 spiro atoms. The van der Waals surface area contributed by atoms with Crippen LogP contribution in [0, 0.1) is 25.6 Å². The number of hydrogen-bond donors (Lipinski definition) is 2. The number of carbonyl (C=O) groups excluding carboxylic acids is 2. The van der Waals surface area contributed by atoms with Gasteiger partial charge in [-0.3, -0.25) is 9.59 Å². The molecule has 0 radical (unpaired) electrons. The number of nitrogens with one attached hydrogen (secondary N) is 2. The lowest BCUT2D eigenvalue weighted by molar-refractivity contribution is -0.129. The van der Waals surface area contributed by atoms with Gasteiger partial charge >= 0.3 is 0 Å². The largest absolute Gasteiger partial charge is 0.492 e. The number of ether oxygens (including phenoxy) is 1. The third kappa shape index (κ3) is 4.35. The first-order chi connectivity index (χ1) is 16.7. The molecule has 0 unspecified atom stereocenters. The number of aryl methyl sites for hydroxylation is 2. The first-order valence-electron chi connectivity index (χ1n) is 12.1. The molecule has 3 heterocycles. The fraction of sp³-hybridized carbons (Fsp3) is 0.462. The zero-order valence-corrected chi connectivity index (χ0v) is 20.4. The number of aromatic amines is 1. The molecular formula is C26H30FN5O3. The van der Waals surface area contributed by atoms with Crippen LogP contribution in [0.15, 0.2) is 18.5 Å². The number of H-pyrrole nitrogens is 1. The van der Waals surface area contributed by atoms with Gasteiger partial charge in [0, 0.05) is 31.2 Å². The highest BCUT2D eigenvalue weighted by Crippen LogP contribution is 2.39. The molecule has 1 aliphatic carbocycles. The smallest absolute Gasteiger partial charge is 0.255 e. The Labute approximate surface area is 203 Å². The van der Waals surface area contributed by atoms with Gasteiger partial charge in [-0.05, 0) is 57.6 Å². The minimum Gasteiger partial charge on any atom is -0.492 e. The summed E-state index contributed by atoms with van der Waals surface area (Å²) in [5, 5.41) is 3.05. The number of aromatic nitrogens is 3. The lowest BCUT2D eigenvalue weighted by atomic mass is 10.0. The quantitative estimate of drug-likeness (QED) is 0.558. The number of likely N-dealkylation sites (tertiary alicyclic amines) is 1. The SMILES string of the molecule is CC(=O)N1C[C@H](NC(=O)c2c(C)[nH]c3c(-c4c(OCC5CC5)ccc(C)c4F)ncnc23)C[C@@H]1C. The van der Waals surface area contributed by atoms with E-state index in [-0.39, 0.29) is 29.5 Å². The van der Waals surface area contributed by atoms with Gasteiger partial charge in [0.1, 0.15) is 29.1 Å². The molecule has 1 saturated carbocycles. The maximum Gasteiger partial charge on any atom is 0.255 e. The van der Waals surface area contributed by atoms with E-state index in [1.807, 2.05) is 6.92 Å². The van der Waals surface area contributed by atoms with E-state index in [1.165, 1.54) is 13.3 Å². The van der Waals surface area contributed by atoms with Crippen molar-refractivity contribution in [2.75, 3.05) is 13.2 Å². The summed E-state index contributed by atoms with van der Waals surface area (Å²) < 4.78 is 21.4. The molecule has 2 atom stereocenters. The Kier molecular flexibility index (Phi) is 5.94.